The first-order valence-electron chi connectivity index (χ1n) is 6.58. The molecule has 1 atom stereocenters. The van der Waals surface area contributed by atoms with Crippen LogP contribution in [-0.4, -0.2) is 13.2 Å². The van der Waals surface area contributed by atoms with Crippen LogP contribution < -0.4 is 16.2 Å². The molecule has 0 saturated carbocycles. The largest absolute Gasteiger partial charge is 0.475 e. The van der Waals surface area contributed by atoms with Gasteiger partial charge in [0.1, 0.15) is 6.10 Å². The number of unbranched alkanes of at least 4 members (excludes halogenated alkanes) is 2. The zero-order valence-electron chi connectivity index (χ0n) is 11.2. The highest BCUT2D eigenvalue weighted by Gasteiger charge is 2.11. The predicted molar refractivity (Wildman–Crippen MR) is 70.8 cm³/mol. The van der Waals surface area contributed by atoms with Crippen molar-refractivity contribution in [2.75, 3.05) is 7.05 Å². The smallest absolute Gasteiger partial charge is 0.208 e. The molecule has 0 amide bonds. The zero-order valence-corrected chi connectivity index (χ0v) is 11.2. The number of ether oxygens (including phenoxy) is 1. The summed E-state index contributed by atoms with van der Waals surface area (Å²) in [6.45, 7) is 4.39. The van der Waals surface area contributed by atoms with Crippen LogP contribution in [0.5, 0.6) is 0 Å². The Hall–Kier alpha value is -1.32. The highest BCUT2D eigenvalue weighted by atomic mass is 16.5. The molecule has 4 heteroatoms. The van der Waals surface area contributed by atoms with E-state index in [-0.39, 0.29) is 0 Å². The maximum absolute atomic E-state index is 5.93. The third-order valence-electron chi connectivity index (χ3n) is 2.88. The van der Waals surface area contributed by atoms with Crippen LogP contribution in [-0.2, 0) is 4.74 Å². The van der Waals surface area contributed by atoms with Gasteiger partial charge in [0, 0.05) is 19.3 Å². The molecule has 98 valence electrons. The molecule has 0 aliphatic carbocycles. The molecule has 0 aromatic rings. The maximum atomic E-state index is 5.93. The first kappa shape index (κ1) is 13.7. The molecule has 0 radical (unpaired) electrons. The summed E-state index contributed by atoms with van der Waals surface area (Å²) in [5.74, 6) is 0.792. The third-order valence-corrected chi connectivity index (χ3v) is 2.88. The van der Waals surface area contributed by atoms with E-state index in [1.54, 1.807) is 0 Å². The van der Waals surface area contributed by atoms with Gasteiger partial charge in [-0.25, -0.2) is 0 Å². The lowest BCUT2D eigenvalue weighted by molar-refractivity contribution is 0.0843. The van der Waals surface area contributed by atoms with E-state index in [4.69, 9.17) is 4.74 Å². The van der Waals surface area contributed by atoms with Gasteiger partial charge in [0.25, 0.3) is 0 Å². The number of rotatable bonds is 8. The van der Waals surface area contributed by atoms with Gasteiger partial charge in [-0.3, -0.25) is 5.43 Å². The fraction of sp³-hybridized carbons (Fsp3) is 0.692. The zero-order chi connectivity index (χ0) is 12.5. The maximum Gasteiger partial charge on any atom is 0.208 e. The highest BCUT2D eigenvalue weighted by molar-refractivity contribution is 5.20. The van der Waals surface area contributed by atoms with E-state index in [2.05, 4.69) is 30.0 Å². The standard InChI is InChI=1S/C13H25N3O/c1-4-6-7-8-12(5-2)17-13-9-11(14-3)10-15-16-13/h9-10,12,14-16H,4-8H2,1-3H3. The van der Waals surface area contributed by atoms with Crippen LogP contribution in [0.4, 0.5) is 0 Å². The minimum atomic E-state index is 0.304. The fourth-order valence-electron chi connectivity index (χ4n) is 1.76. The first-order valence-corrected chi connectivity index (χ1v) is 6.58. The van der Waals surface area contributed by atoms with Crippen LogP contribution in [0.25, 0.3) is 0 Å². The Morgan fingerprint density at radius 1 is 1.35 bits per heavy atom. The predicted octanol–water partition coefficient (Wildman–Crippen LogP) is 2.37. The summed E-state index contributed by atoms with van der Waals surface area (Å²) in [5, 5.41) is 3.08. The van der Waals surface area contributed by atoms with Crippen LogP contribution in [0, 0.1) is 0 Å². The average Bonchev–Trinajstić information content (AvgIpc) is 2.38. The van der Waals surface area contributed by atoms with Crippen molar-refractivity contribution >= 4 is 0 Å². The summed E-state index contributed by atoms with van der Waals surface area (Å²) in [6, 6.07) is 0. The van der Waals surface area contributed by atoms with E-state index in [1.165, 1.54) is 19.3 Å². The van der Waals surface area contributed by atoms with Crippen molar-refractivity contribution < 1.29 is 4.74 Å². The number of hydrazine groups is 1. The van der Waals surface area contributed by atoms with Gasteiger partial charge in [-0.2, -0.15) is 0 Å². The van der Waals surface area contributed by atoms with E-state index in [0.717, 1.165) is 24.4 Å². The van der Waals surface area contributed by atoms with Gasteiger partial charge in [-0.1, -0.05) is 26.7 Å². The molecule has 17 heavy (non-hydrogen) atoms. The number of likely N-dealkylation sites (N-methyl/N-ethyl adjacent to an activating group) is 1. The van der Waals surface area contributed by atoms with Crippen molar-refractivity contribution in [1.29, 1.82) is 0 Å². The van der Waals surface area contributed by atoms with Gasteiger partial charge >= 0.3 is 0 Å². The summed E-state index contributed by atoms with van der Waals surface area (Å²) in [6.07, 6.45) is 10.1. The van der Waals surface area contributed by atoms with Crippen molar-refractivity contribution in [3.8, 4) is 0 Å². The van der Waals surface area contributed by atoms with Crippen molar-refractivity contribution in [2.24, 2.45) is 0 Å². The van der Waals surface area contributed by atoms with Crippen molar-refractivity contribution in [3.63, 3.8) is 0 Å². The van der Waals surface area contributed by atoms with E-state index in [1.807, 2.05) is 19.3 Å². The molecule has 1 aliphatic heterocycles. The summed E-state index contributed by atoms with van der Waals surface area (Å²) < 4.78 is 5.93. The van der Waals surface area contributed by atoms with Gasteiger partial charge in [0.05, 0.1) is 5.70 Å². The second kappa shape index (κ2) is 7.87. The van der Waals surface area contributed by atoms with Gasteiger partial charge in [-0.05, 0) is 19.3 Å². The number of hydrogen-bond donors (Lipinski definition) is 3. The Morgan fingerprint density at radius 3 is 2.82 bits per heavy atom. The Bertz CT molecular complexity index is 274. The average molecular weight is 239 g/mol. The molecule has 0 saturated heterocycles. The van der Waals surface area contributed by atoms with Crippen molar-refractivity contribution in [2.45, 2.75) is 52.1 Å². The molecule has 1 unspecified atom stereocenters. The summed E-state index contributed by atoms with van der Waals surface area (Å²) in [7, 11) is 1.89. The summed E-state index contributed by atoms with van der Waals surface area (Å²) in [4.78, 5) is 0. The van der Waals surface area contributed by atoms with Crippen molar-refractivity contribution in [3.05, 3.63) is 23.9 Å². The van der Waals surface area contributed by atoms with Gasteiger partial charge in [0.15, 0.2) is 0 Å². The monoisotopic (exact) mass is 239 g/mol. The van der Waals surface area contributed by atoms with Crippen LogP contribution in [0.1, 0.15) is 46.0 Å². The van der Waals surface area contributed by atoms with E-state index < -0.39 is 0 Å². The minimum absolute atomic E-state index is 0.304. The van der Waals surface area contributed by atoms with Crippen LogP contribution in [0.2, 0.25) is 0 Å². The van der Waals surface area contributed by atoms with Gasteiger partial charge in [-0.15, -0.1) is 0 Å². The van der Waals surface area contributed by atoms with Gasteiger partial charge < -0.3 is 15.5 Å². The quantitative estimate of drug-likeness (QED) is 0.569. The number of nitrogens with one attached hydrogen (secondary N) is 3. The van der Waals surface area contributed by atoms with Crippen molar-refractivity contribution in [1.82, 2.24) is 16.2 Å². The molecular formula is C13H25N3O. The molecule has 0 fully saturated rings. The second-order valence-electron chi connectivity index (χ2n) is 4.27. The molecule has 0 spiro atoms. The Balaban J connectivity index is 2.39. The number of allylic oxidation sites excluding steroid dienone is 1. The SMILES string of the molecule is CCCCCC(CC)OC1=CC(NC)=CNN1. The lowest BCUT2D eigenvalue weighted by atomic mass is 10.1. The third kappa shape index (κ3) is 5.02. The molecule has 1 heterocycles. The Morgan fingerprint density at radius 2 is 2.18 bits per heavy atom. The molecule has 0 aromatic heterocycles. The first-order chi connectivity index (χ1) is 8.30. The molecule has 3 N–H and O–H groups in total. The minimum Gasteiger partial charge on any atom is -0.475 e. The topological polar surface area (TPSA) is 45.3 Å². The number of hydrogen-bond acceptors (Lipinski definition) is 4. The van der Waals surface area contributed by atoms with E-state index >= 15 is 0 Å². The lowest BCUT2D eigenvalue weighted by Crippen LogP contribution is -2.34. The molecule has 4 nitrogen and oxygen atoms in total. The molecule has 0 bridgehead atoms. The summed E-state index contributed by atoms with van der Waals surface area (Å²) in [5.41, 5.74) is 6.99. The summed E-state index contributed by atoms with van der Waals surface area (Å²) >= 11 is 0. The van der Waals surface area contributed by atoms with Crippen LogP contribution in [0.3, 0.4) is 0 Å². The molecule has 1 rings (SSSR count). The van der Waals surface area contributed by atoms with E-state index in [0.29, 0.717) is 6.10 Å². The molecule has 0 aromatic carbocycles. The van der Waals surface area contributed by atoms with E-state index in [9.17, 15) is 0 Å². The lowest BCUT2D eigenvalue weighted by Gasteiger charge is -2.23. The Labute approximate surface area is 104 Å². The second-order valence-corrected chi connectivity index (χ2v) is 4.27. The normalized spacial score (nSPS) is 16.2. The highest BCUT2D eigenvalue weighted by Crippen LogP contribution is 2.14. The van der Waals surface area contributed by atoms with Crippen LogP contribution >= 0.6 is 0 Å². The molecular weight excluding hydrogens is 214 g/mol. The van der Waals surface area contributed by atoms with Crippen LogP contribution in [0.15, 0.2) is 23.9 Å². The van der Waals surface area contributed by atoms with Gasteiger partial charge in [0.2, 0.25) is 5.88 Å². The Kier molecular flexibility index (Phi) is 6.37. The molecule has 1 aliphatic rings. The fourth-order valence-corrected chi connectivity index (χ4v) is 1.76.